The van der Waals surface area contributed by atoms with E-state index in [9.17, 15) is 19.5 Å². The fourth-order valence-electron chi connectivity index (χ4n) is 7.05. The molecule has 224 valence electrons. The minimum Gasteiger partial charge on any atom is -0.394 e. The van der Waals surface area contributed by atoms with E-state index in [2.05, 4.69) is 34.0 Å². The zero-order valence-electron chi connectivity index (χ0n) is 24.0. The van der Waals surface area contributed by atoms with Crippen molar-refractivity contribution in [2.24, 2.45) is 17.8 Å². The lowest BCUT2D eigenvalue weighted by atomic mass is 9.70. The number of alkyl halides is 1. The van der Waals surface area contributed by atoms with E-state index < -0.39 is 35.6 Å². The maximum Gasteiger partial charge on any atom is 0.248 e. The molecular weight excluding hydrogens is 580 g/mol. The first-order valence-electron chi connectivity index (χ1n) is 14.5. The Morgan fingerprint density at radius 3 is 2.50 bits per heavy atom. The average molecular weight is 626 g/mol. The summed E-state index contributed by atoms with van der Waals surface area (Å²) in [6.07, 6.45) is 3.97. The van der Waals surface area contributed by atoms with Crippen molar-refractivity contribution in [1.82, 2.24) is 19.6 Å². The zero-order valence-corrected chi connectivity index (χ0v) is 25.6. The number of likely N-dealkylation sites (tertiary alicyclic amines) is 1. The molecule has 8 atom stereocenters. The summed E-state index contributed by atoms with van der Waals surface area (Å²) in [6.45, 7) is 16.1. The summed E-state index contributed by atoms with van der Waals surface area (Å²) in [5.74, 6) is -2.29. The first-order chi connectivity index (χ1) is 19.2. The van der Waals surface area contributed by atoms with Crippen molar-refractivity contribution < 1.29 is 29.0 Å². The molecule has 10 nitrogen and oxygen atoms in total. The van der Waals surface area contributed by atoms with E-state index in [1.807, 2.05) is 13.8 Å². The Morgan fingerprint density at radius 1 is 1.23 bits per heavy atom. The topological polar surface area (TPSA) is 103 Å². The number of rotatable bonds is 13. The van der Waals surface area contributed by atoms with Gasteiger partial charge in [-0.3, -0.25) is 19.3 Å². The Hall–Kier alpha value is -1.79. The molecule has 11 heteroatoms. The van der Waals surface area contributed by atoms with Crippen LogP contribution in [0.15, 0.2) is 25.3 Å². The lowest BCUT2D eigenvalue weighted by Crippen LogP contribution is -2.60. The van der Waals surface area contributed by atoms with Crippen molar-refractivity contribution in [3.05, 3.63) is 25.3 Å². The van der Waals surface area contributed by atoms with E-state index in [0.29, 0.717) is 45.8 Å². The summed E-state index contributed by atoms with van der Waals surface area (Å²) >= 11 is 3.73. The lowest BCUT2D eigenvalue weighted by molar-refractivity contribution is -0.153. The van der Waals surface area contributed by atoms with Crippen molar-refractivity contribution in [3.63, 3.8) is 0 Å². The maximum absolute atomic E-state index is 14.6. The number of ether oxygens (including phenoxy) is 2. The van der Waals surface area contributed by atoms with Gasteiger partial charge in [0.05, 0.1) is 43.8 Å². The van der Waals surface area contributed by atoms with Crippen LogP contribution < -0.4 is 0 Å². The first-order valence-corrected chi connectivity index (χ1v) is 15.4. The molecule has 0 aliphatic carbocycles. The monoisotopic (exact) mass is 624 g/mol. The Kier molecular flexibility index (Phi) is 10.1. The van der Waals surface area contributed by atoms with Gasteiger partial charge in [-0.25, -0.2) is 0 Å². The number of morpholine rings is 1. The van der Waals surface area contributed by atoms with Gasteiger partial charge in [-0.2, -0.15) is 0 Å². The zero-order chi connectivity index (χ0) is 29.2. The number of nitrogens with zero attached hydrogens (tertiary/aromatic N) is 4. The molecule has 4 aliphatic rings. The second-order valence-electron chi connectivity index (χ2n) is 11.6. The number of aliphatic hydroxyl groups is 1. The molecule has 3 unspecified atom stereocenters. The van der Waals surface area contributed by atoms with Crippen LogP contribution in [0.3, 0.4) is 0 Å². The molecule has 0 radical (unpaired) electrons. The highest BCUT2D eigenvalue weighted by Crippen LogP contribution is 2.61. The van der Waals surface area contributed by atoms with Gasteiger partial charge >= 0.3 is 0 Å². The maximum atomic E-state index is 14.6. The van der Waals surface area contributed by atoms with Crippen LogP contribution in [0.25, 0.3) is 0 Å². The van der Waals surface area contributed by atoms with Crippen LogP contribution in [0.4, 0.5) is 0 Å². The summed E-state index contributed by atoms with van der Waals surface area (Å²) in [6, 6.07) is -1.53. The van der Waals surface area contributed by atoms with Gasteiger partial charge in [0.2, 0.25) is 17.7 Å². The number of fused-ring (bicyclic) bond motifs is 1. The van der Waals surface area contributed by atoms with Crippen molar-refractivity contribution in [2.75, 3.05) is 66.1 Å². The van der Waals surface area contributed by atoms with Gasteiger partial charge in [0.1, 0.15) is 11.6 Å². The molecular formula is C29H45BrN4O6. The Bertz CT molecular complexity index is 976. The normalized spacial score (nSPS) is 33.0. The molecule has 1 spiro atoms. The number of amides is 3. The van der Waals surface area contributed by atoms with Crippen LogP contribution in [-0.2, 0) is 23.9 Å². The van der Waals surface area contributed by atoms with Gasteiger partial charge in [-0.05, 0) is 12.3 Å². The van der Waals surface area contributed by atoms with E-state index in [-0.39, 0.29) is 35.1 Å². The molecule has 0 aromatic rings. The summed E-state index contributed by atoms with van der Waals surface area (Å²) < 4.78 is 12.1. The van der Waals surface area contributed by atoms with Gasteiger partial charge in [0, 0.05) is 51.1 Å². The van der Waals surface area contributed by atoms with E-state index in [1.165, 1.54) is 0 Å². The van der Waals surface area contributed by atoms with Crippen molar-refractivity contribution >= 4 is 33.7 Å². The van der Waals surface area contributed by atoms with E-state index in [4.69, 9.17) is 9.47 Å². The standard InChI is InChI=1S/C29H45BrN4O6/c1-6-9-31(5)26(36)22-23-27(37)34(21(18-35)19(4)8-3)25(29(23)17-20(30)24(22)40-29)28(38)33(10-7-2)12-11-32-13-15-39-16-14-32/h6-7,19-25,35H,1-2,8-18H2,3-5H3/t19-,20?,21-,22+,23-,24+,25?,29?/m0/s1. The molecule has 4 heterocycles. The SMILES string of the molecule is C=CCN(C)C(=O)[C@H]1[C@@H]2OC3(CC2Br)C(C(=O)N(CC=C)CCN2CCOCC2)N([C@@H](CO)[C@@H](C)CC)C(=O)[C@H]13. The molecule has 4 rings (SSSR count). The van der Waals surface area contributed by atoms with Gasteiger partial charge in [-0.15, -0.1) is 13.2 Å². The van der Waals surface area contributed by atoms with E-state index in [0.717, 1.165) is 19.5 Å². The van der Waals surface area contributed by atoms with Crippen LogP contribution in [-0.4, -0.2) is 137 Å². The number of hydrogen-bond acceptors (Lipinski definition) is 7. The minimum absolute atomic E-state index is 0.0600. The highest BCUT2D eigenvalue weighted by molar-refractivity contribution is 9.09. The van der Waals surface area contributed by atoms with Crippen LogP contribution in [0.5, 0.6) is 0 Å². The minimum atomic E-state index is -1.17. The first kappa shape index (κ1) is 31.2. The molecule has 40 heavy (non-hydrogen) atoms. The third kappa shape index (κ3) is 5.40. The average Bonchev–Trinajstić information content (AvgIpc) is 3.54. The van der Waals surface area contributed by atoms with Gasteiger partial charge in [0.25, 0.3) is 0 Å². The molecule has 4 aliphatic heterocycles. The quantitative estimate of drug-likeness (QED) is 0.242. The number of aliphatic hydroxyl groups excluding tert-OH is 1. The number of carbonyl (C=O) groups excluding carboxylic acids is 3. The van der Waals surface area contributed by atoms with Crippen molar-refractivity contribution in [3.8, 4) is 0 Å². The molecule has 4 fully saturated rings. The fraction of sp³-hybridized carbons (Fsp3) is 0.759. The third-order valence-corrected chi connectivity index (χ3v) is 10.2. The largest absolute Gasteiger partial charge is 0.394 e. The fourth-order valence-corrected chi connectivity index (χ4v) is 7.99. The number of halogens is 1. The smallest absolute Gasteiger partial charge is 0.248 e. The van der Waals surface area contributed by atoms with Crippen LogP contribution in [0.2, 0.25) is 0 Å². The summed E-state index contributed by atoms with van der Waals surface area (Å²) in [7, 11) is 1.69. The summed E-state index contributed by atoms with van der Waals surface area (Å²) in [4.78, 5) is 49.7. The number of hydrogen-bond donors (Lipinski definition) is 1. The van der Waals surface area contributed by atoms with Crippen LogP contribution >= 0.6 is 15.9 Å². The molecule has 3 amide bonds. The van der Waals surface area contributed by atoms with Crippen molar-refractivity contribution in [1.29, 1.82) is 0 Å². The summed E-state index contributed by atoms with van der Waals surface area (Å²) in [5.41, 5.74) is -1.17. The highest BCUT2D eigenvalue weighted by Gasteiger charge is 2.77. The second kappa shape index (κ2) is 13.0. The molecule has 1 N–H and O–H groups in total. The lowest BCUT2D eigenvalue weighted by Gasteiger charge is -2.41. The highest BCUT2D eigenvalue weighted by atomic mass is 79.9. The summed E-state index contributed by atoms with van der Waals surface area (Å²) in [5, 5.41) is 10.5. The second-order valence-corrected chi connectivity index (χ2v) is 12.8. The molecule has 4 saturated heterocycles. The number of likely N-dealkylation sites (N-methyl/N-ethyl adjacent to an activating group) is 1. The van der Waals surface area contributed by atoms with Gasteiger partial charge in [0.15, 0.2) is 0 Å². The Balaban J connectivity index is 1.74. The Labute approximate surface area is 246 Å². The number of carbonyl (C=O) groups is 3. The van der Waals surface area contributed by atoms with Crippen LogP contribution in [0, 0.1) is 17.8 Å². The van der Waals surface area contributed by atoms with Gasteiger partial charge < -0.3 is 29.3 Å². The van der Waals surface area contributed by atoms with Gasteiger partial charge in [-0.1, -0.05) is 48.4 Å². The van der Waals surface area contributed by atoms with Crippen molar-refractivity contribution in [2.45, 2.75) is 55.3 Å². The predicted octanol–water partition coefficient (Wildman–Crippen LogP) is 1.13. The van der Waals surface area contributed by atoms with Crippen LogP contribution in [0.1, 0.15) is 26.7 Å². The molecule has 0 aromatic heterocycles. The third-order valence-electron chi connectivity index (χ3n) is 9.32. The van der Waals surface area contributed by atoms with E-state index >= 15 is 0 Å². The molecule has 2 bridgehead atoms. The molecule has 0 saturated carbocycles. The predicted molar refractivity (Wildman–Crippen MR) is 155 cm³/mol. The molecule has 0 aromatic carbocycles. The van der Waals surface area contributed by atoms with E-state index in [1.54, 1.807) is 33.9 Å². The Morgan fingerprint density at radius 2 is 1.90 bits per heavy atom.